The maximum atomic E-state index is 12.4. The van der Waals surface area contributed by atoms with Crippen LogP contribution in [0.1, 0.15) is 11.5 Å². The van der Waals surface area contributed by atoms with Gasteiger partial charge < -0.3 is 14.5 Å². The fourth-order valence-corrected chi connectivity index (χ4v) is 3.22. The Morgan fingerprint density at radius 1 is 1.14 bits per heavy atom. The van der Waals surface area contributed by atoms with E-state index in [1.54, 1.807) is 37.3 Å². The zero-order valence-electron chi connectivity index (χ0n) is 15.6. The lowest BCUT2D eigenvalue weighted by Gasteiger charge is -2.11. The van der Waals surface area contributed by atoms with Gasteiger partial charge in [-0.05, 0) is 35.9 Å². The van der Waals surface area contributed by atoms with E-state index in [-0.39, 0.29) is 17.2 Å². The van der Waals surface area contributed by atoms with E-state index in [9.17, 15) is 13.2 Å². The molecule has 146 valence electrons. The highest BCUT2D eigenvalue weighted by molar-refractivity contribution is 7.90. The first-order valence-corrected chi connectivity index (χ1v) is 10.2. The Morgan fingerprint density at radius 3 is 2.43 bits per heavy atom. The lowest BCUT2D eigenvalue weighted by atomic mass is 10.1. The van der Waals surface area contributed by atoms with Gasteiger partial charge in [-0.1, -0.05) is 12.1 Å². The van der Waals surface area contributed by atoms with Crippen LogP contribution in [0.15, 0.2) is 51.8 Å². The molecule has 8 nitrogen and oxygen atoms in total. The molecule has 1 heterocycles. The van der Waals surface area contributed by atoms with Crippen LogP contribution in [0.5, 0.6) is 5.75 Å². The average molecular weight is 401 g/mol. The van der Waals surface area contributed by atoms with Gasteiger partial charge in [0.05, 0.1) is 24.1 Å². The second kappa shape index (κ2) is 7.81. The molecule has 0 aliphatic heterocycles. The summed E-state index contributed by atoms with van der Waals surface area (Å²) in [5, 5.41) is 10.6. The van der Waals surface area contributed by atoms with Crippen molar-refractivity contribution in [2.24, 2.45) is 0 Å². The van der Waals surface area contributed by atoms with E-state index in [2.05, 4.69) is 15.5 Å². The molecule has 0 spiro atoms. The number of anilines is 1. The summed E-state index contributed by atoms with van der Waals surface area (Å²) in [7, 11) is -1.77. The van der Waals surface area contributed by atoms with Crippen LogP contribution in [0.25, 0.3) is 11.5 Å². The molecular weight excluding hydrogens is 382 g/mol. The van der Waals surface area contributed by atoms with E-state index in [0.717, 1.165) is 6.26 Å². The number of hydrogen-bond acceptors (Lipinski definition) is 7. The fraction of sp³-hybridized carbons (Fsp3) is 0.211. The third-order valence-corrected chi connectivity index (χ3v) is 5.09. The number of benzene rings is 2. The molecule has 1 N–H and O–H groups in total. The highest BCUT2D eigenvalue weighted by Crippen LogP contribution is 2.30. The van der Waals surface area contributed by atoms with Crippen molar-refractivity contribution in [2.75, 3.05) is 18.7 Å². The lowest BCUT2D eigenvalue weighted by Crippen LogP contribution is -2.15. The summed E-state index contributed by atoms with van der Waals surface area (Å²) in [5.74, 6) is 0.992. The van der Waals surface area contributed by atoms with E-state index >= 15 is 0 Å². The van der Waals surface area contributed by atoms with Crippen molar-refractivity contribution in [3.05, 3.63) is 53.9 Å². The van der Waals surface area contributed by atoms with E-state index < -0.39 is 9.84 Å². The Kier molecular flexibility index (Phi) is 5.46. The van der Waals surface area contributed by atoms with Crippen LogP contribution in [0.2, 0.25) is 0 Å². The molecule has 0 saturated carbocycles. The SMILES string of the molecule is COc1ccc(-c2nnc(C)o2)cc1NC(=O)Cc1ccc(S(C)(=O)=O)cc1. The molecule has 0 bridgehead atoms. The minimum Gasteiger partial charge on any atom is -0.495 e. The molecule has 28 heavy (non-hydrogen) atoms. The Hall–Kier alpha value is -3.20. The third kappa shape index (κ3) is 4.55. The smallest absolute Gasteiger partial charge is 0.247 e. The van der Waals surface area contributed by atoms with Gasteiger partial charge in [0.2, 0.25) is 17.7 Å². The van der Waals surface area contributed by atoms with E-state index in [1.165, 1.54) is 19.2 Å². The lowest BCUT2D eigenvalue weighted by molar-refractivity contribution is -0.115. The van der Waals surface area contributed by atoms with Crippen molar-refractivity contribution in [1.29, 1.82) is 0 Å². The predicted octanol–water partition coefficient (Wildman–Crippen LogP) is 2.64. The summed E-state index contributed by atoms with van der Waals surface area (Å²) in [6.45, 7) is 1.69. The Labute approximate surface area is 162 Å². The van der Waals surface area contributed by atoms with Gasteiger partial charge in [-0.2, -0.15) is 0 Å². The molecular formula is C19H19N3O5S. The topological polar surface area (TPSA) is 111 Å². The van der Waals surface area contributed by atoms with Gasteiger partial charge >= 0.3 is 0 Å². The molecule has 0 saturated heterocycles. The Bertz CT molecular complexity index is 1100. The van der Waals surface area contributed by atoms with E-state index in [0.29, 0.717) is 34.3 Å². The fourth-order valence-electron chi connectivity index (χ4n) is 2.59. The number of methoxy groups -OCH3 is 1. The number of ether oxygens (including phenoxy) is 1. The van der Waals surface area contributed by atoms with Gasteiger partial charge in [0.1, 0.15) is 5.75 Å². The molecule has 0 unspecified atom stereocenters. The zero-order valence-corrected chi connectivity index (χ0v) is 16.4. The second-order valence-corrected chi connectivity index (χ2v) is 8.20. The molecule has 1 aromatic heterocycles. The first-order valence-electron chi connectivity index (χ1n) is 8.33. The summed E-state index contributed by atoms with van der Waals surface area (Å²) in [4.78, 5) is 12.7. The number of carbonyl (C=O) groups excluding carboxylic acids is 1. The molecule has 0 fully saturated rings. The molecule has 0 radical (unpaired) electrons. The number of amides is 1. The maximum Gasteiger partial charge on any atom is 0.247 e. The maximum absolute atomic E-state index is 12.4. The minimum atomic E-state index is -3.27. The van der Waals surface area contributed by atoms with Crippen LogP contribution in [0.3, 0.4) is 0 Å². The number of hydrogen-bond donors (Lipinski definition) is 1. The summed E-state index contributed by atoms with van der Waals surface area (Å²) in [5.41, 5.74) is 1.80. The van der Waals surface area contributed by atoms with E-state index in [4.69, 9.17) is 9.15 Å². The molecule has 3 rings (SSSR count). The number of sulfone groups is 1. The zero-order chi connectivity index (χ0) is 20.3. The van der Waals surface area contributed by atoms with Gasteiger partial charge in [-0.15, -0.1) is 10.2 Å². The minimum absolute atomic E-state index is 0.0804. The first kappa shape index (κ1) is 19.6. The van der Waals surface area contributed by atoms with Crippen LogP contribution in [-0.2, 0) is 21.1 Å². The quantitative estimate of drug-likeness (QED) is 0.676. The van der Waals surface area contributed by atoms with Gasteiger partial charge in [0.25, 0.3) is 0 Å². The van der Waals surface area contributed by atoms with Crippen LogP contribution in [0.4, 0.5) is 5.69 Å². The summed E-state index contributed by atoms with van der Waals surface area (Å²) in [6.07, 6.45) is 1.22. The number of rotatable bonds is 6. The third-order valence-electron chi connectivity index (χ3n) is 3.96. The monoisotopic (exact) mass is 401 g/mol. The van der Waals surface area contributed by atoms with Gasteiger partial charge in [0, 0.05) is 18.7 Å². The van der Waals surface area contributed by atoms with Gasteiger partial charge in [0.15, 0.2) is 9.84 Å². The summed E-state index contributed by atoms with van der Waals surface area (Å²) < 4.78 is 33.7. The first-order chi connectivity index (χ1) is 13.3. The van der Waals surface area contributed by atoms with Crippen LogP contribution >= 0.6 is 0 Å². The predicted molar refractivity (Wildman–Crippen MR) is 103 cm³/mol. The number of nitrogens with zero attached hydrogens (tertiary/aromatic N) is 2. The Morgan fingerprint density at radius 2 is 1.86 bits per heavy atom. The molecule has 9 heteroatoms. The van der Waals surface area contributed by atoms with Crippen molar-refractivity contribution in [1.82, 2.24) is 10.2 Å². The summed E-state index contributed by atoms with van der Waals surface area (Å²) in [6, 6.07) is 11.3. The van der Waals surface area contributed by atoms with Crippen molar-refractivity contribution in [3.63, 3.8) is 0 Å². The van der Waals surface area contributed by atoms with Crippen molar-refractivity contribution < 1.29 is 22.4 Å². The highest BCUT2D eigenvalue weighted by atomic mass is 32.2. The molecule has 2 aromatic carbocycles. The number of nitrogens with one attached hydrogen (secondary N) is 1. The molecule has 1 amide bonds. The largest absolute Gasteiger partial charge is 0.495 e. The molecule has 0 aliphatic carbocycles. The Balaban J connectivity index is 1.77. The number of aryl methyl sites for hydroxylation is 1. The summed E-state index contributed by atoms with van der Waals surface area (Å²) >= 11 is 0. The normalized spacial score (nSPS) is 11.2. The van der Waals surface area contributed by atoms with Crippen LogP contribution < -0.4 is 10.1 Å². The molecule has 0 aliphatic rings. The standard InChI is InChI=1S/C19H19N3O5S/c1-12-21-22-19(27-12)14-6-9-17(26-2)16(11-14)20-18(23)10-13-4-7-15(8-5-13)28(3,24)25/h4-9,11H,10H2,1-3H3,(H,20,23). The highest BCUT2D eigenvalue weighted by Gasteiger charge is 2.14. The van der Waals surface area contributed by atoms with Crippen LogP contribution in [-0.4, -0.2) is 37.9 Å². The van der Waals surface area contributed by atoms with Crippen molar-refractivity contribution in [2.45, 2.75) is 18.2 Å². The van der Waals surface area contributed by atoms with E-state index in [1.807, 2.05) is 0 Å². The van der Waals surface area contributed by atoms with Crippen LogP contribution in [0, 0.1) is 6.92 Å². The molecule has 0 atom stereocenters. The number of aromatic nitrogens is 2. The average Bonchev–Trinajstić information content (AvgIpc) is 3.07. The number of carbonyl (C=O) groups is 1. The second-order valence-electron chi connectivity index (χ2n) is 6.18. The van der Waals surface area contributed by atoms with Crippen molar-refractivity contribution >= 4 is 21.4 Å². The van der Waals surface area contributed by atoms with Gasteiger partial charge in [-0.3, -0.25) is 4.79 Å². The van der Waals surface area contributed by atoms with Crippen molar-refractivity contribution in [3.8, 4) is 17.2 Å². The molecule has 3 aromatic rings. The van der Waals surface area contributed by atoms with Gasteiger partial charge in [-0.25, -0.2) is 8.42 Å².